The van der Waals surface area contributed by atoms with Gasteiger partial charge in [0.15, 0.2) is 0 Å². The van der Waals surface area contributed by atoms with Gasteiger partial charge >= 0.3 is 6.03 Å². The van der Waals surface area contributed by atoms with Crippen LogP contribution in [0.1, 0.15) is 0 Å². The summed E-state index contributed by atoms with van der Waals surface area (Å²) in [6.45, 7) is 3.53. The molecule has 3 amide bonds. The van der Waals surface area contributed by atoms with Crippen molar-refractivity contribution in [2.24, 2.45) is 0 Å². The van der Waals surface area contributed by atoms with Crippen molar-refractivity contribution in [2.75, 3.05) is 55.6 Å². The van der Waals surface area contributed by atoms with Crippen LogP contribution in [0.25, 0.3) is 0 Å². The molecule has 2 saturated heterocycles. The van der Waals surface area contributed by atoms with Gasteiger partial charge in [-0.3, -0.25) is 9.69 Å². The van der Waals surface area contributed by atoms with E-state index in [9.17, 15) is 14.7 Å². The first-order valence-corrected chi connectivity index (χ1v) is 10.0. The topological polar surface area (TPSA) is 67.3 Å². The van der Waals surface area contributed by atoms with Gasteiger partial charge in [-0.05, 0) is 30.3 Å². The van der Waals surface area contributed by atoms with Crippen LogP contribution in [0, 0.1) is 0 Å². The number of benzene rings is 2. The first-order valence-electron chi connectivity index (χ1n) is 9.65. The molecular weight excluding hydrogens is 392 g/mol. The van der Waals surface area contributed by atoms with E-state index < -0.39 is 0 Å². The lowest BCUT2D eigenvalue weighted by Gasteiger charge is -2.36. The third kappa shape index (κ3) is 4.10. The molecule has 2 aromatic carbocycles. The van der Waals surface area contributed by atoms with E-state index in [-0.39, 0.29) is 24.2 Å². The molecule has 4 rings (SSSR count). The summed E-state index contributed by atoms with van der Waals surface area (Å²) < 4.78 is 0. The van der Waals surface area contributed by atoms with Crippen molar-refractivity contribution in [3.8, 4) is 5.75 Å². The Morgan fingerprint density at radius 1 is 0.966 bits per heavy atom. The highest BCUT2D eigenvalue weighted by Crippen LogP contribution is 2.27. The van der Waals surface area contributed by atoms with Crippen LogP contribution in [0.15, 0.2) is 48.5 Å². The van der Waals surface area contributed by atoms with Crippen LogP contribution < -0.4 is 9.80 Å². The number of phenols is 1. The summed E-state index contributed by atoms with van der Waals surface area (Å²) in [5, 5.41) is 10.6. The highest BCUT2D eigenvalue weighted by molar-refractivity contribution is 6.30. The largest absolute Gasteiger partial charge is 0.506 e. The van der Waals surface area contributed by atoms with E-state index in [2.05, 4.69) is 4.90 Å². The third-order valence-electron chi connectivity index (χ3n) is 5.40. The predicted molar refractivity (Wildman–Crippen MR) is 113 cm³/mol. The molecule has 0 unspecified atom stereocenters. The molecule has 2 heterocycles. The maximum Gasteiger partial charge on any atom is 0.325 e. The van der Waals surface area contributed by atoms with Gasteiger partial charge in [0, 0.05) is 50.0 Å². The minimum Gasteiger partial charge on any atom is -0.506 e. The summed E-state index contributed by atoms with van der Waals surface area (Å²) in [5.74, 6) is 0.194. The molecule has 0 atom stereocenters. The van der Waals surface area contributed by atoms with Crippen molar-refractivity contribution in [3.63, 3.8) is 0 Å². The zero-order chi connectivity index (χ0) is 20.4. The second kappa shape index (κ2) is 8.21. The Morgan fingerprint density at radius 3 is 2.45 bits per heavy atom. The Bertz CT molecular complexity index is 914. The quantitative estimate of drug-likeness (QED) is 0.835. The van der Waals surface area contributed by atoms with Gasteiger partial charge in [-0.2, -0.15) is 0 Å². The van der Waals surface area contributed by atoms with Crippen molar-refractivity contribution in [1.82, 2.24) is 9.80 Å². The van der Waals surface area contributed by atoms with Crippen LogP contribution in [0.4, 0.5) is 16.2 Å². The molecule has 0 spiro atoms. The lowest BCUT2D eigenvalue weighted by Crippen LogP contribution is -2.51. The monoisotopic (exact) mass is 414 g/mol. The van der Waals surface area contributed by atoms with Gasteiger partial charge in [0.2, 0.25) is 5.91 Å². The number of amides is 3. The van der Waals surface area contributed by atoms with Crippen LogP contribution in [-0.4, -0.2) is 72.7 Å². The van der Waals surface area contributed by atoms with Crippen molar-refractivity contribution >= 4 is 34.9 Å². The summed E-state index contributed by atoms with van der Waals surface area (Å²) in [6.07, 6.45) is 0. The number of piperazine rings is 1. The molecule has 0 bridgehead atoms. The number of nitrogens with zero attached hydrogens (tertiary/aromatic N) is 4. The van der Waals surface area contributed by atoms with E-state index in [0.29, 0.717) is 44.3 Å². The molecule has 2 aliphatic heterocycles. The molecular formula is C21H23ClN4O3. The molecule has 0 radical (unpaired) electrons. The zero-order valence-corrected chi connectivity index (χ0v) is 16.8. The molecule has 152 valence electrons. The number of urea groups is 1. The van der Waals surface area contributed by atoms with E-state index in [1.54, 1.807) is 39.0 Å². The number of carbonyl (C=O) groups excluding carboxylic acids is 2. The molecule has 0 saturated carbocycles. The number of halogens is 1. The smallest absolute Gasteiger partial charge is 0.325 e. The Balaban J connectivity index is 1.32. The van der Waals surface area contributed by atoms with Crippen LogP contribution >= 0.6 is 11.6 Å². The molecule has 0 aromatic heterocycles. The first kappa shape index (κ1) is 19.4. The minimum atomic E-state index is -0.173. The number of hydrogen-bond donors (Lipinski definition) is 1. The molecule has 8 heteroatoms. The van der Waals surface area contributed by atoms with Gasteiger partial charge in [0.25, 0.3) is 0 Å². The normalized spacial score (nSPS) is 17.2. The number of anilines is 2. The molecule has 2 fully saturated rings. The summed E-state index contributed by atoms with van der Waals surface area (Å²) in [4.78, 5) is 32.5. The Labute approximate surface area is 174 Å². The van der Waals surface area contributed by atoms with Gasteiger partial charge in [0.1, 0.15) is 12.3 Å². The molecule has 2 aromatic rings. The van der Waals surface area contributed by atoms with E-state index in [0.717, 1.165) is 11.4 Å². The summed E-state index contributed by atoms with van der Waals surface area (Å²) in [6, 6.07) is 14.2. The molecule has 0 aliphatic carbocycles. The number of rotatable bonds is 4. The van der Waals surface area contributed by atoms with Crippen molar-refractivity contribution in [1.29, 1.82) is 0 Å². The summed E-state index contributed by atoms with van der Waals surface area (Å²) in [7, 11) is 0. The van der Waals surface area contributed by atoms with Crippen molar-refractivity contribution in [3.05, 3.63) is 53.6 Å². The average molecular weight is 415 g/mol. The van der Waals surface area contributed by atoms with Crippen molar-refractivity contribution < 1.29 is 14.7 Å². The number of para-hydroxylation sites is 2. The van der Waals surface area contributed by atoms with Gasteiger partial charge in [-0.15, -0.1) is 0 Å². The number of aromatic hydroxyl groups is 1. The van der Waals surface area contributed by atoms with Crippen LogP contribution in [0.2, 0.25) is 5.02 Å². The Kier molecular flexibility index (Phi) is 5.49. The van der Waals surface area contributed by atoms with Gasteiger partial charge in [0.05, 0.1) is 5.69 Å². The van der Waals surface area contributed by atoms with E-state index in [4.69, 9.17) is 11.6 Å². The van der Waals surface area contributed by atoms with Gasteiger partial charge in [-0.1, -0.05) is 29.8 Å². The van der Waals surface area contributed by atoms with Gasteiger partial charge < -0.3 is 19.8 Å². The summed E-state index contributed by atoms with van der Waals surface area (Å²) in [5.41, 5.74) is 1.53. The van der Waals surface area contributed by atoms with Crippen LogP contribution in [-0.2, 0) is 4.79 Å². The number of phenolic OH excluding ortho intramolecular Hbond substituents is 1. The minimum absolute atomic E-state index is 0.0526. The fourth-order valence-corrected chi connectivity index (χ4v) is 3.99. The lowest BCUT2D eigenvalue weighted by molar-refractivity contribution is -0.131. The van der Waals surface area contributed by atoms with Crippen LogP contribution in [0.3, 0.4) is 0 Å². The molecule has 2 aliphatic rings. The number of carbonyl (C=O) groups is 2. The van der Waals surface area contributed by atoms with E-state index in [1.807, 2.05) is 24.3 Å². The SMILES string of the molecule is O=C(CN1CCN(c2cccc(Cl)c2)C1=O)N1CCN(c2ccccc2O)CC1. The second-order valence-corrected chi connectivity index (χ2v) is 7.63. The predicted octanol–water partition coefficient (Wildman–Crippen LogP) is 2.64. The molecule has 1 N–H and O–H groups in total. The molecule has 7 nitrogen and oxygen atoms in total. The summed E-state index contributed by atoms with van der Waals surface area (Å²) >= 11 is 6.03. The van der Waals surface area contributed by atoms with Gasteiger partial charge in [-0.25, -0.2) is 4.79 Å². The van der Waals surface area contributed by atoms with Crippen LogP contribution in [0.5, 0.6) is 5.75 Å². The maximum absolute atomic E-state index is 12.7. The van der Waals surface area contributed by atoms with E-state index >= 15 is 0 Å². The van der Waals surface area contributed by atoms with Crippen molar-refractivity contribution in [2.45, 2.75) is 0 Å². The fourth-order valence-electron chi connectivity index (χ4n) is 3.80. The average Bonchev–Trinajstić information content (AvgIpc) is 3.09. The second-order valence-electron chi connectivity index (χ2n) is 7.19. The highest BCUT2D eigenvalue weighted by Gasteiger charge is 2.32. The lowest BCUT2D eigenvalue weighted by atomic mass is 10.2. The zero-order valence-electron chi connectivity index (χ0n) is 16.0. The Hall–Kier alpha value is -2.93. The highest BCUT2D eigenvalue weighted by atomic mass is 35.5. The standard InChI is InChI=1S/C21H23ClN4O3/c22-16-4-3-5-17(14-16)26-13-12-25(21(26)29)15-20(28)24-10-8-23(9-11-24)18-6-1-2-7-19(18)27/h1-7,14,27H,8-13,15H2. The number of hydrogen-bond acceptors (Lipinski definition) is 4. The Morgan fingerprint density at radius 2 is 1.72 bits per heavy atom. The molecule has 29 heavy (non-hydrogen) atoms. The third-order valence-corrected chi connectivity index (χ3v) is 5.63. The van der Waals surface area contributed by atoms with E-state index in [1.165, 1.54) is 0 Å². The first-order chi connectivity index (χ1) is 14.0. The maximum atomic E-state index is 12.7. The fraction of sp³-hybridized carbons (Fsp3) is 0.333.